The van der Waals surface area contributed by atoms with Crippen LogP contribution in [-0.2, 0) is 0 Å². The van der Waals surface area contributed by atoms with Crippen molar-refractivity contribution in [1.82, 2.24) is 19.2 Å². The summed E-state index contributed by atoms with van der Waals surface area (Å²) >= 11 is 6.34. The number of nitrogens with two attached hydrogens (primary N) is 1. The molecule has 0 aliphatic rings. The van der Waals surface area contributed by atoms with E-state index in [0.29, 0.717) is 22.2 Å². The van der Waals surface area contributed by atoms with Gasteiger partial charge in [0.2, 0.25) is 0 Å². The van der Waals surface area contributed by atoms with Crippen molar-refractivity contribution in [3.8, 4) is 5.69 Å². The second kappa shape index (κ2) is 6.50. The molecule has 1 aromatic carbocycles. The Balaban J connectivity index is 1.81. The van der Waals surface area contributed by atoms with Gasteiger partial charge >= 0.3 is 0 Å². The molecule has 0 aliphatic heterocycles. The standard InChI is InChI=1S/C19H14ClN5O/c20-17-11-18-23-15(6-3-13-2-1-9-22-12-13)10-19(26)25(18)24(17)16-7-4-14(21)5-8-16/h1-12H,21H2. The zero-order valence-corrected chi connectivity index (χ0v) is 14.3. The maximum absolute atomic E-state index is 12.7. The summed E-state index contributed by atoms with van der Waals surface area (Å²) in [5.41, 5.74) is 8.79. The predicted molar refractivity (Wildman–Crippen MR) is 103 cm³/mol. The van der Waals surface area contributed by atoms with Crippen LogP contribution in [0.15, 0.2) is 65.7 Å². The monoisotopic (exact) mass is 363 g/mol. The lowest BCUT2D eigenvalue weighted by molar-refractivity contribution is 0.764. The van der Waals surface area contributed by atoms with Crippen LogP contribution in [0.4, 0.5) is 5.69 Å². The first-order chi connectivity index (χ1) is 12.6. The second-order valence-corrected chi connectivity index (χ2v) is 6.07. The third kappa shape index (κ3) is 2.98. The number of rotatable bonds is 3. The van der Waals surface area contributed by atoms with Crippen LogP contribution >= 0.6 is 11.6 Å². The number of pyridine rings is 1. The Morgan fingerprint density at radius 3 is 2.62 bits per heavy atom. The molecule has 0 atom stereocenters. The summed E-state index contributed by atoms with van der Waals surface area (Å²) in [6.07, 6.45) is 7.06. The van der Waals surface area contributed by atoms with Crippen molar-refractivity contribution in [2.45, 2.75) is 0 Å². The number of halogens is 1. The number of hydrogen-bond acceptors (Lipinski definition) is 4. The second-order valence-electron chi connectivity index (χ2n) is 5.68. The van der Waals surface area contributed by atoms with Gasteiger partial charge in [0, 0.05) is 30.2 Å². The maximum Gasteiger partial charge on any atom is 0.273 e. The third-order valence-corrected chi connectivity index (χ3v) is 4.13. The number of hydrogen-bond donors (Lipinski definition) is 1. The summed E-state index contributed by atoms with van der Waals surface area (Å²) in [5, 5.41) is 0.382. The third-order valence-electron chi connectivity index (χ3n) is 3.86. The van der Waals surface area contributed by atoms with E-state index < -0.39 is 0 Å². The van der Waals surface area contributed by atoms with Gasteiger partial charge in [-0.3, -0.25) is 9.78 Å². The topological polar surface area (TPSA) is 78.2 Å². The van der Waals surface area contributed by atoms with E-state index in [9.17, 15) is 4.79 Å². The van der Waals surface area contributed by atoms with Crippen LogP contribution in [0, 0.1) is 0 Å². The molecular weight excluding hydrogens is 350 g/mol. The van der Waals surface area contributed by atoms with E-state index in [2.05, 4.69) is 9.97 Å². The van der Waals surface area contributed by atoms with Gasteiger partial charge in [0.05, 0.1) is 11.4 Å². The Bertz CT molecular complexity index is 1160. The van der Waals surface area contributed by atoms with Crippen molar-refractivity contribution in [2.75, 3.05) is 5.73 Å². The molecule has 0 radical (unpaired) electrons. The van der Waals surface area contributed by atoms with E-state index in [1.54, 1.807) is 53.5 Å². The number of fused-ring (bicyclic) bond motifs is 1. The van der Waals surface area contributed by atoms with Crippen molar-refractivity contribution >= 4 is 35.1 Å². The Labute approximate surface area is 153 Å². The Kier molecular flexibility index (Phi) is 4.02. The minimum absolute atomic E-state index is 0.232. The summed E-state index contributed by atoms with van der Waals surface area (Å²) < 4.78 is 3.02. The van der Waals surface area contributed by atoms with Crippen LogP contribution in [0.1, 0.15) is 11.3 Å². The molecule has 0 amide bonds. The summed E-state index contributed by atoms with van der Waals surface area (Å²) in [6, 6.07) is 14.0. The van der Waals surface area contributed by atoms with Crippen molar-refractivity contribution in [3.63, 3.8) is 0 Å². The molecule has 128 valence electrons. The van der Waals surface area contributed by atoms with Gasteiger partial charge in [-0.05, 0) is 42.0 Å². The van der Waals surface area contributed by atoms with Crippen molar-refractivity contribution in [2.24, 2.45) is 0 Å². The zero-order chi connectivity index (χ0) is 18.1. The zero-order valence-electron chi connectivity index (χ0n) is 13.6. The number of nitrogen functional groups attached to an aromatic ring is 1. The first kappa shape index (κ1) is 16.1. The van der Waals surface area contributed by atoms with E-state index in [4.69, 9.17) is 17.3 Å². The van der Waals surface area contributed by atoms with Gasteiger partial charge in [-0.1, -0.05) is 23.7 Å². The number of aromatic nitrogens is 4. The lowest BCUT2D eigenvalue weighted by Crippen LogP contribution is -2.20. The molecule has 0 saturated carbocycles. The van der Waals surface area contributed by atoms with Gasteiger partial charge in [0.1, 0.15) is 5.15 Å². The molecule has 0 unspecified atom stereocenters. The fourth-order valence-electron chi connectivity index (χ4n) is 2.67. The van der Waals surface area contributed by atoms with Crippen LogP contribution < -0.4 is 11.3 Å². The fraction of sp³-hybridized carbons (Fsp3) is 0. The lowest BCUT2D eigenvalue weighted by Gasteiger charge is -2.08. The van der Waals surface area contributed by atoms with Gasteiger partial charge in [-0.2, -0.15) is 4.52 Å². The predicted octanol–water partition coefficient (Wildman–Crippen LogP) is 3.29. The van der Waals surface area contributed by atoms with Crippen LogP contribution in [-0.4, -0.2) is 19.2 Å². The minimum Gasteiger partial charge on any atom is -0.399 e. The molecular formula is C19H14ClN5O. The van der Waals surface area contributed by atoms with E-state index in [0.717, 1.165) is 11.3 Å². The highest BCUT2D eigenvalue weighted by atomic mass is 35.5. The molecule has 0 aliphatic carbocycles. The molecule has 6 nitrogen and oxygen atoms in total. The smallest absolute Gasteiger partial charge is 0.273 e. The average Bonchev–Trinajstić information content (AvgIpc) is 2.98. The van der Waals surface area contributed by atoms with E-state index in [1.165, 1.54) is 10.6 Å². The lowest BCUT2D eigenvalue weighted by atomic mass is 10.2. The highest BCUT2D eigenvalue weighted by molar-refractivity contribution is 6.30. The maximum atomic E-state index is 12.7. The molecule has 0 fully saturated rings. The van der Waals surface area contributed by atoms with E-state index >= 15 is 0 Å². The van der Waals surface area contributed by atoms with Gasteiger partial charge in [0.15, 0.2) is 5.65 Å². The quantitative estimate of drug-likeness (QED) is 0.566. The SMILES string of the molecule is Nc1ccc(-n2c(Cl)cc3nc(C=Cc4cccnc4)cc(=O)n32)cc1. The first-order valence-electron chi connectivity index (χ1n) is 7.87. The Morgan fingerprint density at radius 2 is 1.88 bits per heavy atom. The number of nitrogens with zero attached hydrogens (tertiary/aromatic N) is 4. The van der Waals surface area contributed by atoms with Crippen molar-refractivity contribution < 1.29 is 0 Å². The summed E-state index contributed by atoms with van der Waals surface area (Å²) in [4.78, 5) is 21.2. The van der Waals surface area contributed by atoms with E-state index in [1.807, 2.05) is 18.2 Å². The molecule has 4 aromatic rings. The van der Waals surface area contributed by atoms with Crippen molar-refractivity contribution in [1.29, 1.82) is 0 Å². The highest BCUT2D eigenvalue weighted by Crippen LogP contribution is 2.20. The van der Waals surface area contributed by atoms with Gasteiger partial charge in [0.25, 0.3) is 5.56 Å². The van der Waals surface area contributed by atoms with Crippen LogP contribution in [0.25, 0.3) is 23.5 Å². The molecule has 3 aromatic heterocycles. The summed E-state index contributed by atoms with van der Waals surface area (Å²) in [5.74, 6) is 0. The van der Waals surface area contributed by atoms with Gasteiger partial charge in [-0.25, -0.2) is 9.67 Å². The number of anilines is 1. The van der Waals surface area contributed by atoms with Crippen molar-refractivity contribution in [3.05, 3.63) is 87.7 Å². The molecule has 26 heavy (non-hydrogen) atoms. The molecule has 0 bridgehead atoms. The normalized spacial score (nSPS) is 11.4. The molecule has 0 saturated heterocycles. The van der Waals surface area contributed by atoms with Gasteiger partial charge < -0.3 is 5.73 Å². The Hall–Kier alpha value is -3.38. The average molecular weight is 364 g/mol. The molecule has 4 rings (SSSR count). The minimum atomic E-state index is -0.232. The summed E-state index contributed by atoms with van der Waals surface area (Å²) in [7, 11) is 0. The highest BCUT2D eigenvalue weighted by Gasteiger charge is 2.12. The van der Waals surface area contributed by atoms with Gasteiger partial charge in [-0.15, -0.1) is 0 Å². The van der Waals surface area contributed by atoms with Crippen LogP contribution in [0.2, 0.25) is 5.15 Å². The van der Waals surface area contributed by atoms with E-state index in [-0.39, 0.29) is 5.56 Å². The largest absolute Gasteiger partial charge is 0.399 e. The molecule has 2 N–H and O–H groups in total. The van der Waals surface area contributed by atoms with Crippen LogP contribution in [0.3, 0.4) is 0 Å². The fourth-order valence-corrected chi connectivity index (χ4v) is 2.94. The molecule has 7 heteroatoms. The Morgan fingerprint density at radius 1 is 1.08 bits per heavy atom. The first-order valence-corrected chi connectivity index (χ1v) is 8.25. The molecule has 3 heterocycles. The summed E-state index contributed by atoms with van der Waals surface area (Å²) in [6.45, 7) is 0. The molecule has 0 spiro atoms. The number of benzene rings is 1. The van der Waals surface area contributed by atoms with Crippen LogP contribution in [0.5, 0.6) is 0 Å².